The normalized spacial score (nSPS) is 12.4. The van der Waals surface area contributed by atoms with Gasteiger partial charge in [0.2, 0.25) is 0 Å². The Morgan fingerprint density at radius 1 is 0.750 bits per heavy atom. The minimum Gasteiger partial charge on any atom is -0.451 e. The lowest BCUT2D eigenvalue weighted by Crippen LogP contribution is -2.71. The highest BCUT2D eigenvalue weighted by Crippen LogP contribution is 2.44. The second kappa shape index (κ2) is 7.52. The number of rotatable bonds is 4. The van der Waals surface area contributed by atoms with E-state index in [1.165, 1.54) is 0 Å². The molecule has 152 valence electrons. The van der Waals surface area contributed by atoms with E-state index in [4.69, 9.17) is 0 Å². The fraction of sp³-hybridized carbons (Fsp3) is 0.188. The van der Waals surface area contributed by atoms with Gasteiger partial charge in [-0.3, -0.25) is 5.32 Å². The fourth-order valence-electron chi connectivity index (χ4n) is 1.98. The molecule has 2 rings (SSSR count). The van der Waals surface area contributed by atoms with E-state index >= 15 is 0 Å². The number of nitrogens with one attached hydrogen (secondary N) is 2. The van der Waals surface area contributed by atoms with Crippen molar-refractivity contribution >= 4 is 11.7 Å². The van der Waals surface area contributed by atoms with Crippen molar-refractivity contribution in [1.29, 1.82) is 0 Å². The number of hydrogen-bond acceptors (Lipinski definition) is 2. The molecular formula is C16H10F8N2O2. The van der Waals surface area contributed by atoms with Gasteiger partial charge in [0.25, 0.3) is 0 Å². The molecule has 0 saturated carbocycles. The van der Waals surface area contributed by atoms with E-state index in [0.717, 1.165) is 29.6 Å². The van der Waals surface area contributed by atoms with Crippen molar-refractivity contribution < 1.29 is 44.7 Å². The maximum absolute atomic E-state index is 13.4. The molecule has 0 saturated heterocycles. The molecular weight excluding hydrogens is 404 g/mol. The molecule has 0 aromatic heterocycles. The van der Waals surface area contributed by atoms with Gasteiger partial charge in [-0.15, -0.1) is 0 Å². The summed E-state index contributed by atoms with van der Waals surface area (Å²) in [5.41, 5.74) is -5.42. The number of halogens is 8. The zero-order valence-electron chi connectivity index (χ0n) is 13.5. The fourth-order valence-corrected chi connectivity index (χ4v) is 1.98. The Morgan fingerprint density at radius 2 is 1.18 bits per heavy atom. The Labute approximate surface area is 152 Å². The SMILES string of the molecule is O=C(Nc1ccc(F)cc1)NC(Oc1ccc(F)cc1)(C(F)(F)F)C(F)(F)F. The first-order chi connectivity index (χ1) is 12.8. The molecule has 0 bridgehead atoms. The van der Waals surface area contributed by atoms with E-state index in [1.54, 1.807) is 5.32 Å². The van der Waals surface area contributed by atoms with Crippen LogP contribution in [0.5, 0.6) is 5.75 Å². The quantitative estimate of drug-likeness (QED) is 0.548. The van der Waals surface area contributed by atoms with E-state index in [0.29, 0.717) is 24.3 Å². The number of ether oxygens (including phenoxy) is 1. The van der Waals surface area contributed by atoms with Gasteiger partial charge in [-0.1, -0.05) is 0 Å². The predicted molar refractivity (Wildman–Crippen MR) is 80.4 cm³/mol. The van der Waals surface area contributed by atoms with Gasteiger partial charge in [-0.05, 0) is 48.5 Å². The summed E-state index contributed by atoms with van der Waals surface area (Å²) in [6, 6.07) is 3.76. The van der Waals surface area contributed by atoms with Crippen LogP contribution in [-0.2, 0) is 0 Å². The average Bonchev–Trinajstić information content (AvgIpc) is 2.56. The number of carbonyl (C=O) groups is 1. The summed E-state index contributed by atoms with van der Waals surface area (Å²) in [5, 5.41) is 2.43. The van der Waals surface area contributed by atoms with Gasteiger partial charge in [0, 0.05) is 5.69 Å². The molecule has 2 aromatic rings. The highest BCUT2D eigenvalue weighted by Gasteiger charge is 2.75. The molecule has 12 heteroatoms. The van der Waals surface area contributed by atoms with Crippen molar-refractivity contribution in [2.24, 2.45) is 0 Å². The Balaban J connectivity index is 2.37. The largest absolute Gasteiger partial charge is 0.458 e. The van der Waals surface area contributed by atoms with Crippen molar-refractivity contribution in [3.05, 3.63) is 60.2 Å². The molecule has 2 N–H and O–H groups in total. The van der Waals surface area contributed by atoms with Crippen LogP contribution in [0.15, 0.2) is 48.5 Å². The number of anilines is 1. The van der Waals surface area contributed by atoms with E-state index in [2.05, 4.69) is 4.74 Å². The summed E-state index contributed by atoms with van der Waals surface area (Å²) in [5.74, 6) is -2.68. The molecule has 0 heterocycles. The zero-order chi connectivity index (χ0) is 21.2. The second-order valence-electron chi connectivity index (χ2n) is 5.32. The molecule has 0 atom stereocenters. The van der Waals surface area contributed by atoms with Gasteiger partial charge < -0.3 is 10.1 Å². The summed E-state index contributed by atoms with van der Waals surface area (Å²) < 4.78 is 110. The topological polar surface area (TPSA) is 50.4 Å². The van der Waals surface area contributed by atoms with Gasteiger partial charge in [0.15, 0.2) is 0 Å². The zero-order valence-corrected chi connectivity index (χ0v) is 13.5. The molecule has 2 amide bonds. The van der Waals surface area contributed by atoms with Crippen molar-refractivity contribution in [2.75, 3.05) is 5.32 Å². The summed E-state index contributed by atoms with van der Waals surface area (Å²) in [6.07, 6.45) is -12.3. The lowest BCUT2D eigenvalue weighted by molar-refractivity contribution is -0.364. The van der Waals surface area contributed by atoms with E-state index < -0.39 is 41.5 Å². The van der Waals surface area contributed by atoms with Crippen LogP contribution in [-0.4, -0.2) is 24.1 Å². The third kappa shape index (κ3) is 4.61. The van der Waals surface area contributed by atoms with Crippen molar-refractivity contribution in [3.8, 4) is 5.75 Å². The number of carbonyl (C=O) groups excluding carboxylic acids is 1. The third-order valence-corrected chi connectivity index (χ3v) is 3.27. The minimum atomic E-state index is -6.15. The maximum atomic E-state index is 13.4. The van der Waals surface area contributed by atoms with E-state index in [9.17, 15) is 39.9 Å². The Kier molecular flexibility index (Phi) is 5.71. The van der Waals surface area contributed by atoms with Crippen LogP contribution in [0.4, 0.5) is 45.6 Å². The standard InChI is InChI=1S/C16H10F8N2O2/c17-9-1-5-11(6-2-9)25-13(27)26-14(15(19,20)21,16(22,23)24)28-12-7-3-10(18)4-8-12/h1-8H,(H2,25,26,27). The van der Waals surface area contributed by atoms with Crippen LogP contribution in [0.2, 0.25) is 0 Å². The number of alkyl halides is 6. The molecule has 0 unspecified atom stereocenters. The molecule has 0 fully saturated rings. The van der Waals surface area contributed by atoms with Gasteiger partial charge in [0.05, 0.1) is 0 Å². The van der Waals surface area contributed by atoms with E-state index in [-0.39, 0.29) is 5.69 Å². The first-order valence-corrected chi connectivity index (χ1v) is 7.27. The molecule has 4 nitrogen and oxygen atoms in total. The minimum absolute atomic E-state index is 0.279. The smallest absolute Gasteiger partial charge is 0.451 e. The first-order valence-electron chi connectivity index (χ1n) is 7.27. The summed E-state index contributed by atoms with van der Waals surface area (Å²) in [4.78, 5) is 11.8. The number of amides is 2. The van der Waals surface area contributed by atoms with Crippen LogP contribution in [0, 0.1) is 11.6 Å². The van der Waals surface area contributed by atoms with Gasteiger partial charge in [0.1, 0.15) is 17.4 Å². The number of urea groups is 1. The van der Waals surface area contributed by atoms with E-state index in [1.807, 2.05) is 0 Å². The monoisotopic (exact) mass is 414 g/mol. The molecule has 0 aliphatic rings. The lowest BCUT2D eigenvalue weighted by atomic mass is 10.2. The molecule has 0 aliphatic heterocycles. The van der Waals surface area contributed by atoms with Gasteiger partial charge in [-0.2, -0.15) is 26.3 Å². The van der Waals surface area contributed by atoms with Crippen LogP contribution in [0.1, 0.15) is 0 Å². The molecule has 0 radical (unpaired) electrons. The number of benzene rings is 2. The predicted octanol–water partition coefficient (Wildman–Crippen LogP) is 4.99. The van der Waals surface area contributed by atoms with Crippen LogP contribution >= 0.6 is 0 Å². The van der Waals surface area contributed by atoms with Crippen LogP contribution in [0.25, 0.3) is 0 Å². The maximum Gasteiger partial charge on any atom is 0.458 e. The second-order valence-corrected chi connectivity index (χ2v) is 5.32. The Morgan fingerprint density at radius 3 is 1.61 bits per heavy atom. The Bertz CT molecular complexity index is 803. The summed E-state index contributed by atoms with van der Waals surface area (Å²) >= 11 is 0. The average molecular weight is 414 g/mol. The lowest BCUT2D eigenvalue weighted by Gasteiger charge is -2.37. The van der Waals surface area contributed by atoms with Crippen molar-refractivity contribution in [1.82, 2.24) is 5.32 Å². The molecule has 28 heavy (non-hydrogen) atoms. The highest BCUT2D eigenvalue weighted by atomic mass is 19.4. The molecule has 0 spiro atoms. The van der Waals surface area contributed by atoms with Crippen molar-refractivity contribution in [3.63, 3.8) is 0 Å². The van der Waals surface area contributed by atoms with Crippen molar-refractivity contribution in [2.45, 2.75) is 18.1 Å². The third-order valence-electron chi connectivity index (χ3n) is 3.27. The summed E-state index contributed by atoms with van der Waals surface area (Å²) in [6.45, 7) is 0. The van der Waals surface area contributed by atoms with Gasteiger partial charge in [-0.25, -0.2) is 13.6 Å². The molecule has 2 aromatic carbocycles. The first kappa shape index (κ1) is 21.3. The van der Waals surface area contributed by atoms with Gasteiger partial charge >= 0.3 is 24.1 Å². The van der Waals surface area contributed by atoms with Crippen LogP contribution < -0.4 is 15.4 Å². The van der Waals surface area contributed by atoms with Crippen LogP contribution in [0.3, 0.4) is 0 Å². The molecule has 0 aliphatic carbocycles. The highest BCUT2D eigenvalue weighted by molar-refractivity contribution is 5.89. The summed E-state index contributed by atoms with van der Waals surface area (Å²) in [7, 11) is 0. The number of hydrogen-bond donors (Lipinski definition) is 2. The Hall–Kier alpha value is -3.05.